The summed E-state index contributed by atoms with van der Waals surface area (Å²) in [4.78, 5) is 2.15. The summed E-state index contributed by atoms with van der Waals surface area (Å²) < 4.78 is 23.5. The molecule has 19 heavy (non-hydrogen) atoms. The van der Waals surface area contributed by atoms with Gasteiger partial charge in [-0.3, -0.25) is 4.90 Å². The summed E-state index contributed by atoms with van der Waals surface area (Å²) in [7, 11) is 0. The molecule has 106 valence electrons. The van der Waals surface area contributed by atoms with Crippen LogP contribution in [-0.2, 0) is 4.74 Å². The average molecular weight is 269 g/mol. The van der Waals surface area contributed by atoms with Crippen molar-refractivity contribution in [2.75, 3.05) is 39.5 Å². The van der Waals surface area contributed by atoms with Crippen molar-refractivity contribution in [3.63, 3.8) is 0 Å². The molecule has 0 aliphatic carbocycles. The summed E-state index contributed by atoms with van der Waals surface area (Å²) in [5.74, 6) is 0.260. The molecule has 1 aliphatic rings. The standard InChI is InChI=1S/C14H20FNO3/c1-14(17,10-16-6-8-18-9-7-16)11-19-13-4-2-12(15)3-5-13/h2-5,17H,6-11H2,1H3. The number of ether oxygens (including phenoxy) is 2. The van der Waals surface area contributed by atoms with Crippen molar-refractivity contribution in [2.24, 2.45) is 0 Å². The third-order valence-corrected chi connectivity index (χ3v) is 3.03. The van der Waals surface area contributed by atoms with Gasteiger partial charge in [-0.2, -0.15) is 0 Å². The number of nitrogens with zero attached hydrogens (tertiary/aromatic N) is 1. The molecule has 1 heterocycles. The zero-order chi connectivity index (χ0) is 13.7. The van der Waals surface area contributed by atoms with Crippen LogP contribution in [0.3, 0.4) is 0 Å². The predicted molar refractivity (Wildman–Crippen MR) is 69.8 cm³/mol. The summed E-state index contributed by atoms with van der Waals surface area (Å²) in [6.45, 7) is 5.52. The smallest absolute Gasteiger partial charge is 0.123 e. The van der Waals surface area contributed by atoms with Crippen molar-refractivity contribution in [3.05, 3.63) is 30.1 Å². The molecule has 1 N–H and O–H groups in total. The number of halogens is 1. The number of rotatable bonds is 5. The number of aliphatic hydroxyl groups is 1. The average Bonchev–Trinajstić information content (AvgIpc) is 2.39. The van der Waals surface area contributed by atoms with Gasteiger partial charge in [-0.15, -0.1) is 0 Å². The topological polar surface area (TPSA) is 41.9 Å². The minimum Gasteiger partial charge on any atom is -0.491 e. The summed E-state index contributed by atoms with van der Waals surface area (Å²) in [5, 5.41) is 10.3. The number of hydrogen-bond donors (Lipinski definition) is 1. The lowest BCUT2D eigenvalue weighted by atomic mass is 10.1. The second kappa shape index (κ2) is 6.32. The first-order valence-corrected chi connectivity index (χ1v) is 6.46. The largest absolute Gasteiger partial charge is 0.491 e. The van der Waals surface area contributed by atoms with Gasteiger partial charge in [-0.1, -0.05) is 0 Å². The normalized spacial score (nSPS) is 19.9. The van der Waals surface area contributed by atoms with Gasteiger partial charge in [0.15, 0.2) is 0 Å². The Hall–Kier alpha value is -1.17. The van der Waals surface area contributed by atoms with Gasteiger partial charge in [-0.25, -0.2) is 4.39 Å². The van der Waals surface area contributed by atoms with E-state index in [9.17, 15) is 9.50 Å². The molecule has 0 amide bonds. The summed E-state index contributed by atoms with van der Waals surface area (Å²) >= 11 is 0. The molecule has 0 saturated carbocycles. The minimum atomic E-state index is -0.939. The molecule has 0 radical (unpaired) electrons. The van der Waals surface area contributed by atoms with Crippen LogP contribution in [-0.4, -0.2) is 55.1 Å². The van der Waals surface area contributed by atoms with Crippen molar-refractivity contribution in [3.8, 4) is 5.75 Å². The SMILES string of the molecule is CC(O)(COc1ccc(F)cc1)CN1CCOCC1. The number of hydrogen-bond acceptors (Lipinski definition) is 4. The van der Waals surface area contributed by atoms with Crippen LogP contribution in [0.25, 0.3) is 0 Å². The highest BCUT2D eigenvalue weighted by Gasteiger charge is 2.26. The Kier molecular flexibility index (Phi) is 4.74. The van der Waals surface area contributed by atoms with E-state index in [0.29, 0.717) is 25.5 Å². The number of β-amino-alcohol motifs (C(OH)–C–C–N with tert-alkyl or cyclic N) is 1. The van der Waals surface area contributed by atoms with Crippen LogP contribution in [0.2, 0.25) is 0 Å². The molecule has 1 fully saturated rings. The van der Waals surface area contributed by atoms with E-state index in [0.717, 1.165) is 13.1 Å². The fraction of sp³-hybridized carbons (Fsp3) is 0.571. The molecular weight excluding hydrogens is 249 g/mol. The monoisotopic (exact) mass is 269 g/mol. The minimum absolute atomic E-state index is 0.177. The molecule has 5 heteroatoms. The third-order valence-electron chi connectivity index (χ3n) is 3.03. The molecule has 1 aromatic rings. The summed E-state index contributed by atoms with van der Waals surface area (Å²) in [6.07, 6.45) is 0. The molecule has 1 atom stereocenters. The molecule has 0 bridgehead atoms. The molecule has 1 unspecified atom stereocenters. The van der Waals surface area contributed by atoms with Crippen LogP contribution in [0.1, 0.15) is 6.92 Å². The Balaban J connectivity index is 1.81. The lowest BCUT2D eigenvalue weighted by Gasteiger charge is -2.33. The maximum atomic E-state index is 12.7. The Bertz CT molecular complexity index is 388. The fourth-order valence-electron chi connectivity index (χ4n) is 2.06. The van der Waals surface area contributed by atoms with E-state index in [1.165, 1.54) is 12.1 Å². The van der Waals surface area contributed by atoms with Gasteiger partial charge in [0, 0.05) is 19.6 Å². The lowest BCUT2D eigenvalue weighted by Crippen LogP contribution is -2.48. The van der Waals surface area contributed by atoms with Gasteiger partial charge in [0.1, 0.15) is 23.8 Å². The second-order valence-electron chi connectivity index (χ2n) is 5.13. The van der Waals surface area contributed by atoms with E-state index in [1.807, 2.05) is 0 Å². The van der Waals surface area contributed by atoms with E-state index < -0.39 is 5.60 Å². The molecule has 1 aromatic carbocycles. The van der Waals surface area contributed by atoms with E-state index in [1.54, 1.807) is 19.1 Å². The van der Waals surface area contributed by atoms with Crippen LogP contribution in [0.5, 0.6) is 5.75 Å². The summed E-state index contributed by atoms with van der Waals surface area (Å²) in [5.41, 5.74) is -0.939. The van der Waals surface area contributed by atoms with Gasteiger partial charge in [0.05, 0.1) is 13.2 Å². The zero-order valence-electron chi connectivity index (χ0n) is 11.1. The first-order chi connectivity index (χ1) is 9.05. The van der Waals surface area contributed by atoms with E-state index in [2.05, 4.69) is 4.90 Å². The first-order valence-electron chi connectivity index (χ1n) is 6.46. The van der Waals surface area contributed by atoms with Crippen LogP contribution < -0.4 is 4.74 Å². The van der Waals surface area contributed by atoms with Gasteiger partial charge >= 0.3 is 0 Å². The molecule has 1 aliphatic heterocycles. The van der Waals surface area contributed by atoms with Gasteiger partial charge in [-0.05, 0) is 31.2 Å². The van der Waals surface area contributed by atoms with Gasteiger partial charge in [0.2, 0.25) is 0 Å². The Morgan fingerprint density at radius 2 is 1.95 bits per heavy atom. The second-order valence-corrected chi connectivity index (χ2v) is 5.13. The van der Waals surface area contributed by atoms with Crippen molar-refractivity contribution in [1.29, 1.82) is 0 Å². The van der Waals surface area contributed by atoms with E-state index in [-0.39, 0.29) is 12.4 Å². The predicted octanol–water partition coefficient (Wildman–Crippen LogP) is 1.29. The molecule has 0 aromatic heterocycles. The third kappa shape index (κ3) is 4.78. The lowest BCUT2D eigenvalue weighted by molar-refractivity contribution is -0.0435. The van der Waals surface area contributed by atoms with Gasteiger partial charge < -0.3 is 14.6 Å². The molecule has 0 spiro atoms. The van der Waals surface area contributed by atoms with Crippen molar-refractivity contribution in [2.45, 2.75) is 12.5 Å². The van der Waals surface area contributed by atoms with Crippen LogP contribution in [0.4, 0.5) is 4.39 Å². The molecule has 1 saturated heterocycles. The van der Waals surface area contributed by atoms with Crippen molar-refractivity contribution in [1.82, 2.24) is 4.90 Å². The fourth-order valence-corrected chi connectivity index (χ4v) is 2.06. The summed E-state index contributed by atoms with van der Waals surface area (Å²) in [6, 6.07) is 5.79. The van der Waals surface area contributed by atoms with Gasteiger partial charge in [0.25, 0.3) is 0 Å². The molecule has 2 rings (SSSR count). The van der Waals surface area contributed by atoms with Crippen LogP contribution >= 0.6 is 0 Å². The van der Waals surface area contributed by atoms with E-state index in [4.69, 9.17) is 9.47 Å². The zero-order valence-corrected chi connectivity index (χ0v) is 11.1. The molecule has 4 nitrogen and oxygen atoms in total. The highest BCUT2D eigenvalue weighted by molar-refractivity contribution is 5.22. The Labute approximate surface area is 112 Å². The van der Waals surface area contributed by atoms with Crippen LogP contribution in [0, 0.1) is 5.82 Å². The maximum absolute atomic E-state index is 12.7. The highest BCUT2D eigenvalue weighted by Crippen LogP contribution is 2.15. The quantitative estimate of drug-likeness (QED) is 0.874. The molecular formula is C14H20FNO3. The van der Waals surface area contributed by atoms with E-state index >= 15 is 0 Å². The van der Waals surface area contributed by atoms with Crippen molar-refractivity contribution >= 4 is 0 Å². The Morgan fingerprint density at radius 1 is 1.32 bits per heavy atom. The number of benzene rings is 1. The van der Waals surface area contributed by atoms with Crippen LogP contribution in [0.15, 0.2) is 24.3 Å². The van der Waals surface area contributed by atoms with Crippen molar-refractivity contribution < 1.29 is 19.0 Å². The first kappa shape index (κ1) is 14.2. The number of morpholine rings is 1. The Morgan fingerprint density at radius 3 is 2.58 bits per heavy atom. The highest BCUT2D eigenvalue weighted by atomic mass is 19.1. The maximum Gasteiger partial charge on any atom is 0.123 e.